The Kier molecular flexibility index (Phi) is 8.75. The maximum atomic E-state index is 13.5. The third kappa shape index (κ3) is 7.77. The summed E-state index contributed by atoms with van der Waals surface area (Å²) in [7, 11) is 0. The van der Waals surface area contributed by atoms with Crippen LogP contribution in [-0.2, 0) is 23.8 Å². The average molecular weight is 531 g/mol. The van der Waals surface area contributed by atoms with Gasteiger partial charge in [-0.05, 0) is 62.1 Å². The largest absolute Gasteiger partial charge is 0.462 e. The first kappa shape index (κ1) is 28.6. The molecule has 10 heteroatoms. The normalized spacial score (nSPS) is 13.4. The molecule has 0 bridgehead atoms. The first-order chi connectivity index (χ1) is 17.7. The van der Waals surface area contributed by atoms with Crippen LogP contribution in [0.1, 0.15) is 48.9 Å². The number of aromatic nitrogens is 1. The van der Waals surface area contributed by atoms with Gasteiger partial charge in [0.15, 0.2) is 5.60 Å². The van der Waals surface area contributed by atoms with Gasteiger partial charge in [-0.25, -0.2) is 9.37 Å². The summed E-state index contributed by atoms with van der Waals surface area (Å²) < 4.78 is 57.6. The minimum Gasteiger partial charge on any atom is -0.462 e. The Morgan fingerprint density at radius 2 is 1.76 bits per heavy atom. The number of nitrogens with zero attached hydrogens (tertiary/aromatic N) is 1. The summed E-state index contributed by atoms with van der Waals surface area (Å²) in [5.74, 6) is -1.18. The van der Waals surface area contributed by atoms with Crippen molar-refractivity contribution in [1.82, 2.24) is 10.3 Å². The first-order valence-electron chi connectivity index (χ1n) is 11.9. The van der Waals surface area contributed by atoms with Crippen LogP contribution in [0, 0.1) is 11.2 Å². The standard InChI is InChI=1S/C28H30F4N4O2/c1-17(36-26(37)27(2,3)38-25-12-9-21(16-35-25)28(30,31)32)23(14-18-7-10-22(29)11-8-18)20-6-4-5-19(13-20)15-24(33)34/h4-13,16-17,23H,14-15H2,1-3H3,(H3,33,34)(H,36,37). The van der Waals surface area contributed by atoms with Crippen LogP contribution in [0.5, 0.6) is 5.88 Å². The molecule has 0 saturated carbocycles. The van der Waals surface area contributed by atoms with Crippen molar-refractivity contribution >= 4 is 11.7 Å². The fourth-order valence-electron chi connectivity index (χ4n) is 4.01. The average Bonchev–Trinajstić information content (AvgIpc) is 2.83. The highest BCUT2D eigenvalue weighted by atomic mass is 19.4. The van der Waals surface area contributed by atoms with Gasteiger partial charge in [-0.1, -0.05) is 36.4 Å². The van der Waals surface area contributed by atoms with Crippen molar-refractivity contribution in [1.29, 1.82) is 5.41 Å². The van der Waals surface area contributed by atoms with E-state index in [1.165, 1.54) is 26.0 Å². The highest BCUT2D eigenvalue weighted by Gasteiger charge is 2.34. The second kappa shape index (κ2) is 11.6. The predicted octanol–water partition coefficient (Wildman–Crippen LogP) is 5.41. The lowest BCUT2D eigenvalue weighted by Crippen LogP contribution is -2.51. The molecule has 3 rings (SSSR count). The molecule has 0 radical (unpaired) electrons. The molecule has 0 fully saturated rings. The predicted molar refractivity (Wildman–Crippen MR) is 136 cm³/mol. The molecular weight excluding hydrogens is 500 g/mol. The van der Waals surface area contributed by atoms with Crippen molar-refractivity contribution in [2.75, 3.05) is 0 Å². The number of nitrogens with two attached hydrogens (primary N) is 1. The zero-order valence-corrected chi connectivity index (χ0v) is 21.3. The van der Waals surface area contributed by atoms with Gasteiger partial charge >= 0.3 is 6.18 Å². The molecule has 2 atom stereocenters. The molecule has 3 aromatic rings. The lowest BCUT2D eigenvalue weighted by molar-refractivity contribution is -0.138. The van der Waals surface area contributed by atoms with Gasteiger partial charge < -0.3 is 15.8 Å². The molecule has 0 aliphatic carbocycles. The van der Waals surface area contributed by atoms with Gasteiger partial charge in [-0.15, -0.1) is 0 Å². The third-order valence-electron chi connectivity index (χ3n) is 6.08. The number of amidine groups is 1. The number of halogens is 4. The number of hydrogen-bond donors (Lipinski definition) is 3. The van der Waals surface area contributed by atoms with Gasteiger partial charge in [0.2, 0.25) is 5.88 Å². The number of pyridine rings is 1. The minimum absolute atomic E-state index is 0.0226. The Balaban J connectivity index is 1.81. The first-order valence-corrected chi connectivity index (χ1v) is 11.9. The molecule has 2 aromatic carbocycles. The van der Waals surface area contributed by atoms with E-state index in [1.54, 1.807) is 12.1 Å². The number of carbonyl (C=O) groups is 1. The number of rotatable bonds is 10. The van der Waals surface area contributed by atoms with E-state index >= 15 is 0 Å². The number of carbonyl (C=O) groups excluding carboxylic acids is 1. The van der Waals surface area contributed by atoms with Gasteiger partial charge in [-0.3, -0.25) is 10.2 Å². The van der Waals surface area contributed by atoms with E-state index in [4.69, 9.17) is 15.9 Å². The number of hydrogen-bond acceptors (Lipinski definition) is 4. The monoisotopic (exact) mass is 530 g/mol. The summed E-state index contributed by atoms with van der Waals surface area (Å²) in [6.45, 7) is 4.82. The van der Waals surface area contributed by atoms with Gasteiger partial charge in [0.05, 0.1) is 11.4 Å². The Hall–Kier alpha value is -3.95. The fraction of sp³-hybridized carbons (Fsp3) is 0.321. The van der Waals surface area contributed by atoms with Crippen molar-refractivity contribution in [2.24, 2.45) is 5.73 Å². The van der Waals surface area contributed by atoms with E-state index in [0.717, 1.165) is 28.8 Å². The van der Waals surface area contributed by atoms with Crippen molar-refractivity contribution in [3.63, 3.8) is 0 Å². The summed E-state index contributed by atoms with van der Waals surface area (Å²) in [4.78, 5) is 16.9. The summed E-state index contributed by atoms with van der Waals surface area (Å²) in [6, 6.07) is 15.1. The van der Waals surface area contributed by atoms with Gasteiger partial charge in [0.25, 0.3) is 5.91 Å². The Bertz CT molecular complexity index is 1260. The number of nitrogens with one attached hydrogen (secondary N) is 2. The lowest BCUT2D eigenvalue weighted by atomic mass is 9.85. The van der Waals surface area contributed by atoms with Crippen molar-refractivity contribution in [3.8, 4) is 5.88 Å². The maximum Gasteiger partial charge on any atom is 0.417 e. The molecule has 1 aromatic heterocycles. The van der Waals surface area contributed by atoms with Crippen LogP contribution in [0.15, 0.2) is 66.9 Å². The molecule has 0 spiro atoms. The second-order valence-corrected chi connectivity index (χ2v) is 9.64. The van der Waals surface area contributed by atoms with E-state index in [-0.39, 0.29) is 29.9 Å². The van der Waals surface area contributed by atoms with Crippen LogP contribution in [-0.4, -0.2) is 28.4 Å². The van der Waals surface area contributed by atoms with Crippen molar-refractivity contribution < 1.29 is 27.1 Å². The van der Waals surface area contributed by atoms with Crippen LogP contribution in [0.2, 0.25) is 0 Å². The van der Waals surface area contributed by atoms with E-state index in [0.29, 0.717) is 12.6 Å². The summed E-state index contributed by atoms with van der Waals surface area (Å²) in [5, 5.41) is 10.6. The Morgan fingerprint density at radius 3 is 2.34 bits per heavy atom. The SMILES string of the molecule is CC(NC(=O)C(C)(C)Oc1ccc(C(F)(F)F)cn1)C(Cc1ccc(F)cc1)c1cccc(CC(=N)N)c1. The van der Waals surface area contributed by atoms with Gasteiger partial charge in [0.1, 0.15) is 5.82 Å². The number of amides is 1. The summed E-state index contributed by atoms with van der Waals surface area (Å²) in [5.41, 5.74) is 5.80. The van der Waals surface area contributed by atoms with E-state index < -0.39 is 29.3 Å². The molecule has 0 saturated heterocycles. The van der Waals surface area contributed by atoms with Gasteiger partial charge in [0, 0.05) is 30.6 Å². The van der Waals surface area contributed by atoms with Crippen molar-refractivity contribution in [3.05, 3.63) is 94.9 Å². The molecule has 4 N–H and O–H groups in total. The topological polar surface area (TPSA) is 101 Å². The molecule has 202 valence electrons. The summed E-state index contributed by atoms with van der Waals surface area (Å²) >= 11 is 0. The molecule has 0 aliphatic heterocycles. The number of benzene rings is 2. The fourth-order valence-corrected chi connectivity index (χ4v) is 4.01. The highest BCUT2D eigenvalue weighted by molar-refractivity contribution is 5.85. The molecule has 1 heterocycles. The molecule has 1 amide bonds. The molecule has 0 aliphatic rings. The van der Waals surface area contributed by atoms with Crippen LogP contribution in [0.4, 0.5) is 17.6 Å². The Morgan fingerprint density at radius 1 is 1.08 bits per heavy atom. The zero-order chi connectivity index (χ0) is 28.1. The summed E-state index contributed by atoms with van der Waals surface area (Å²) in [6.07, 6.45) is -3.13. The zero-order valence-electron chi connectivity index (χ0n) is 21.3. The van der Waals surface area contributed by atoms with Crippen LogP contribution < -0.4 is 15.8 Å². The third-order valence-corrected chi connectivity index (χ3v) is 6.08. The Labute approximate surface area is 218 Å². The van der Waals surface area contributed by atoms with Crippen LogP contribution in [0.3, 0.4) is 0 Å². The molecule has 38 heavy (non-hydrogen) atoms. The van der Waals surface area contributed by atoms with E-state index in [2.05, 4.69) is 10.3 Å². The second-order valence-electron chi connectivity index (χ2n) is 9.64. The maximum absolute atomic E-state index is 13.5. The van der Waals surface area contributed by atoms with E-state index in [1.807, 2.05) is 31.2 Å². The molecule has 6 nitrogen and oxygen atoms in total. The van der Waals surface area contributed by atoms with Crippen LogP contribution >= 0.6 is 0 Å². The van der Waals surface area contributed by atoms with Crippen molar-refractivity contribution in [2.45, 2.75) is 57.3 Å². The quantitative estimate of drug-likeness (QED) is 0.185. The molecule has 2 unspecified atom stereocenters. The minimum atomic E-state index is -4.53. The smallest absolute Gasteiger partial charge is 0.417 e. The van der Waals surface area contributed by atoms with E-state index in [9.17, 15) is 22.4 Å². The number of ether oxygens (including phenoxy) is 1. The number of alkyl halides is 3. The van der Waals surface area contributed by atoms with Gasteiger partial charge in [-0.2, -0.15) is 13.2 Å². The highest BCUT2D eigenvalue weighted by Crippen LogP contribution is 2.30. The van der Waals surface area contributed by atoms with Crippen LogP contribution in [0.25, 0.3) is 0 Å². The lowest BCUT2D eigenvalue weighted by Gasteiger charge is -2.31. The molecular formula is C28H30F4N4O2.